The first-order valence-corrected chi connectivity index (χ1v) is 2.93. The zero-order chi connectivity index (χ0) is 5.21. The van der Waals surface area contributed by atoms with Crippen LogP contribution in [0.3, 0.4) is 0 Å². The summed E-state index contributed by atoms with van der Waals surface area (Å²) in [5, 5.41) is 0. The van der Waals surface area contributed by atoms with Crippen LogP contribution in [0.4, 0.5) is 0 Å². The fraction of sp³-hybridized carbons (Fsp3) is 1.00. The summed E-state index contributed by atoms with van der Waals surface area (Å²) in [4.78, 5) is 0. The van der Waals surface area contributed by atoms with E-state index in [1.165, 1.54) is 0 Å². The van der Waals surface area contributed by atoms with E-state index in [9.17, 15) is 0 Å². The Balaban J connectivity index is 0. The molecule has 0 aliphatic carbocycles. The van der Waals surface area contributed by atoms with E-state index < -0.39 is 0 Å². The molecule has 0 unspecified atom stereocenters. The second-order valence-corrected chi connectivity index (χ2v) is 2.72. The van der Waals surface area contributed by atoms with Crippen LogP contribution in [-0.2, 0) is 3.79 Å². The second-order valence-electron chi connectivity index (χ2n) is 2.32. The molecule has 0 spiro atoms. The van der Waals surface area contributed by atoms with E-state index in [4.69, 9.17) is 3.79 Å². The van der Waals surface area contributed by atoms with E-state index in [1.54, 1.807) is 0 Å². The average Bonchev–Trinajstić information content (AvgIpc) is 1.35. The molecule has 0 N–H and O–H groups in total. The first-order valence-electron chi connectivity index (χ1n) is 2.11. The Morgan fingerprint density at radius 2 is 1.43 bits per heavy atom. The predicted molar refractivity (Wildman–Crippen MR) is 35.1 cm³/mol. The summed E-state index contributed by atoms with van der Waals surface area (Å²) in [6.07, 6.45) is 0. The molecule has 0 rings (SSSR count). The van der Waals surface area contributed by atoms with Gasteiger partial charge >= 0.3 is 16.6 Å². The molecule has 0 saturated carbocycles. The van der Waals surface area contributed by atoms with Crippen molar-refractivity contribution in [3.63, 3.8) is 0 Å². The molecule has 0 fully saturated rings. The van der Waals surface area contributed by atoms with Gasteiger partial charge in [0, 0.05) is 35.2 Å². The fourth-order valence-corrected chi connectivity index (χ4v) is 0. The number of hydrogen-bond acceptors (Lipinski definition) is 1. The van der Waals surface area contributed by atoms with Gasteiger partial charge in [-0.1, -0.05) is 0 Å². The Hall–Kier alpha value is 1.49. The molecule has 0 heterocycles. The van der Waals surface area contributed by atoms with Crippen LogP contribution in [0.15, 0.2) is 0 Å². The minimum absolute atomic E-state index is 0. The maximum absolute atomic E-state index is 5.08. The Morgan fingerprint density at radius 3 is 1.43 bits per heavy atom. The third-order valence-electron chi connectivity index (χ3n) is 0.612. The van der Waals surface area contributed by atoms with Crippen LogP contribution in [0, 0.1) is 0 Å². The van der Waals surface area contributed by atoms with Gasteiger partial charge in [0.1, 0.15) is 0 Å². The molecule has 0 atom stereocenters. The van der Waals surface area contributed by atoms with Crippen molar-refractivity contribution in [1.29, 1.82) is 0 Å². The molecule has 37 valence electrons. The first kappa shape index (κ1) is 11.3. The number of hydrogen-bond donors (Lipinski definition) is 0. The summed E-state index contributed by atoms with van der Waals surface area (Å²) in [6, 6.07) is 0. The molecule has 0 aliphatic heterocycles. The molecular weight excluding hydrogens is 114 g/mol. The van der Waals surface area contributed by atoms with Crippen molar-refractivity contribution >= 4 is 46.2 Å². The van der Waals surface area contributed by atoms with Crippen molar-refractivity contribution in [3.05, 3.63) is 0 Å². The Morgan fingerprint density at radius 1 is 1.29 bits per heavy atom. The maximum atomic E-state index is 5.08. The smallest absolute Gasteiger partial charge is 0.410 e. The summed E-state index contributed by atoms with van der Waals surface area (Å²) >= 11 is 0.848. The fourth-order valence-electron chi connectivity index (χ4n) is 0. The molecule has 1 nitrogen and oxygen atoms in total. The normalized spacial score (nSPS) is 10.1. The van der Waals surface area contributed by atoms with Crippen molar-refractivity contribution in [3.8, 4) is 0 Å². The molecule has 1 radical (unpaired) electrons. The maximum Gasteiger partial charge on any atom is 0.410 e. The van der Waals surface area contributed by atoms with Gasteiger partial charge in [-0.15, -0.1) is 0 Å². The number of rotatable bonds is 0. The van der Waals surface area contributed by atoms with Crippen molar-refractivity contribution < 1.29 is 3.79 Å². The zero-order valence-corrected chi connectivity index (χ0v) is 9.91. The first-order chi connectivity index (χ1) is 2.56. The van der Waals surface area contributed by atoms with Crippen molar-refractivity contribution in [1.82, 2.24) is 0 Å². The summed E-state index contributed by atoms with van der Waals surface area (Å²) in [7, 11) is 0. The quantitative estimate of drug-likeness (QED) is 0.413. The molecule has 0 amide bonds. The van der Waals surface area contributed by atoms with Crippen molar-refractivity contribution in [2.24, 2.45) is 0 Å². The summed E-state index contributed by atoms with van der Waals surface area (Å²) in [6.45, 7) is 6.17. The largest absolute Gasteiger partial charge is 0.502 e. The molecule has 0 aromatic heterocycles. The topological polar surface area (TPSA) is 9.23 Å². The molecule has 0 aromatic rings. The van der Waals surface area contributed by atoms with E-state index in [0.29, 0.717) is 0 Å². The average molecular weight is 125 g/mol. The van der Waals surface area contributed by atoms with E-state index in [0.717, 1.165) is 16.6 Å². The van der Waals surface area contributed by atoms with Crippen molar-refractivity contribution in [2.45, 2.75) is 26.4 Å². The van der Waals surface area contributed by atoms with Crippen LogP contribution in [0.2, 0.25) is 0 Å². The molecule has 3 heteroatoms. The van der Waals surface area contributed by atoms with Crippen LogP contribution < -0.4 is 0 Å². The summed E-state index contributed by atoms with van der Waals surface area (Å²) in [5.41, 5.74) is 0.103. The van der Waals surface area contributed by atoms with Gasteiger partial charge in [0.25, 0.3) is 0 Å². The van der Waals surface area contributed by atoms with Gasteiger partial charge in [0.15, 0.2) is 0 Å². The molecule has 0 saturated heterocycles. The third-order valence-corrected chi connectivity index (χ3v) is 1.84. The minimum Gasteiger partial charge on any atom is -0.502 e. The van der Waals surface area contributed by atoms with E-state index in [1.807, 2.05) is 0 Å². The van der Waals surface area contributed by atoms with Crippen LogP contribution in [-0.4, -0.2) is 51.8 Å². The van der Waals surface area contributed by atoms with Crippen LogP contribution >= 0.6 is 0 Å². The van der Waals surface area contributed by atoms with Gasteiger partial charge in [-0.05, 0) is 20.8 Å². The SMILES string of the molecule is CC(C)(C)[O][AlH2].[Na]. The standard InChI is InChI=1S/C4H9O.Al.Na.2H/c1-4(2,3)5;;;;/h1-3H3;;;;/q-1;+1;;;. The zero-order valence-electron chi connectivity index (χ0n) is 5.91. The van der Waals surface area contributed by atoms with Crippen LogP contribution in [0.5, 0.6) is 0 Å². The predicted octanol–water partition coefficient (Wildman–Crippen LogP) is -0.0312. The summed E-state index contributed by atoms with van der Waals surface area (Å²) < 4.78 is 5.08. The Bertz CT molecular complexity index is 41.4. The van der Waals surface area contributed by atoms with Crippen LogP contribution in [0.25, 0.3) is 0 Å². The molecule has 0 bridgehead atoms. The van der Waals surface area contributed by atoms with E-state index >= 15 is 0 Å². The second kappa shape index (κ2) is 4.38. The van der Waals surface area contributed by atoms with Gasteiger partial charge in [-0.2, -0.15) is 0 Å². The van der Waals surface area contributed by atoms with Gasteiger partial charge in [0.2, 0.25) is 0 Å². The van der Waals surface area contributed by atoms with Crippen molar-refractivity contribution in [2.75, 3.05) is 0 Å². The van der Waals surface area contributed by atoms with Crippen LogP contribution in [0.1, 0.15) is 20.8 Å². The van der Waals surface area contributed by atoms with Gasteiger partial charge in [0.05, 0.1) is 0 Å². The summed E-state index contributed by atoms with van der Waals surface area (Å²) in [5.74, 6) is 0. The molecule has 7 heavy (non-hydrogen) atoms. The Kier molecular flexibility index (Phi) is 7.08. The van der Waals surface area contributed by atoms with Gasteiger partial charge in [-0.25, -0.2) is 0 Å². The Labute approximate surface area is 75.9 Å². The molecule has 0 aliphatic rings. The third kappa shape index (κ3) is 11.2. The van der Waals surface area contributed by atoms with E-state index in [-0.39, 0.29) is 35.2 Å². The van der Waals surface area contributed by atoms with Gasteiger partial charge in [-0.3, -0.25) is 0 Å². The monoisotopic (exact) mass is 125 g/mol. The molecule has 0 aromatic carbocycles. The molecular formula is C4H11AlNaO. The minimum atomic E-state index is 0. The van der Waals surface area contributed by atoms with E-state index in [2.05, 4.69) is 20.8 Å². The van der Waals surface area contributed by atoms with Gasteiger partial charge < -0.3 is 3.79 Å².